The van der Waals surface area contributed by atoms with Crippen LogP contribution in [0.15, 0.2) is 0 Å². The maximum Gasteiger partial charge on any atom is 0.0897 e. The van der Waals surface area contributed by atoms with E-state index in [4.69, 9.17) is 9.47 Å². The van der Waals surface area contributed by atoms with E-state index < -0.39 is 6.10 Å². The molecule has 4 heteroatoms. The highest BCUT2D eigenvalue weighted by Gasteiger charge is 2.03. The van der Waals surface area contributed by atoms with Crippen molar-refractivity contribution in [3.8, 4) is 0 Å². The molecule has 0 aromatic rings. The molecule has 0 radical (unpaired) electrons. The van der Waals surface area contributed by atoms with E-state index in [9.17, 15) is 5.11 Å². The molecule has 1 unspecified atom stereocenters. The summed E-state index contributed by atoms with van der Waals surface area (Å²) in [5, 5.41) is 12.9. The summed E-state index contributed by atoms with van der Waals surface area (Å²) in [4.78, 5) is 0. The van der Waals surface area contributed by atoms with Gasteiger partial charge >= 0.3 is 0 Å². The van der Waals surface area contributed by atoms with Crippen molar-refractivity contribution < 1.29 is 14.6 Å². The van der Waals surface area contributed by atoms with Gasteiger partial charge in [-0.25, -0.2) is 0 Å². The van der Waals surface area contributed by atoms with Crippen LogP contribution in [-0.2, 0) is 9.47 Å². The molecule has 0 saturated heterocycles. The predicted molar refractivity (Wildman–Crippen MR) is 74.9 cm³/mol. The number of aliphatic hydroxyl groups is 1. The zero-order valence-corrected chi connectivity index (χ0v) is 12.4. The molecule has 0 aliphatic rings. The lowest BCUT2D eigenvalue weighted by molar-refractivity contribution is -0.00992. The minimum atomic E-state index is -0.428. The fraction of sp³-hybridized carbons (Fsp3) is 1.00. The van der Waals surface area contributed by atoms with Crippen molar-refractivity contribution in [1.29, 1.82) is 0 Å². The Morgan fingerprint density at radius 3 is 2.44 bits per heavy atom. The Balaban J connectivity index is 3.19. The quantitative estimate of drug-likeness (QED) is 0.526. The summed E-state index contributed by atoms with van der Waals surface area (Å²) in [6, 6.07) is 0. The Morgan fingerprint density at radius 2 is 1.83 bits per heavy atom. The number of rotatable bonds is 12. The first-order chi connectivity index (χ1) is 8.52. The second kappa shape index (κ2) is 11.9. The summed E-state index contributed by atoms with van der Waals surface area (Å²) in [5.74, 6) is 0.751. The molecule has 0 spiro atoms. The number of aliphatic hydroxyl groups excluding tert-OH is 1. The number of hydrogen-bond acceptors (Lipinski definition) is 4. The number of hydrogen-bond donors (Lipinski definition) is 2. The van der Waals surface area contributed by atoms with Crippen LogP contribution in [0.5, 0.6) is 0 Å². The third-order valence-corrected chi connectivity index (χ3v) is 2.50. The minimum absolute atomic E-state index is 0.237. The van der Waals surface area contributed by atoms with Crippen LogP contribution in [0.25, 0.3) is 0 Å². The molecule has 1 atom stereocenters. The Morgan fingerprint density at radius 1 is 1.11 bits per heavy atom. The fourth-order valence-electron chi connectivity index (χ4n) is 1.53. The molecular formula is C14H31NO3. The van der Waals surface area contributed by atoms with Crippen molar-refractivity contribution in [1.82, 2.24) is 5.32 Å². The molecule has 0 heterocycles. The average Bonchev–Trinajstić information content (AvgIpc) is 2.27. The first kappa shape index (κ1) is 17.8. The van der Waals surface area contributed by atoms with Crippen molar-refractivity contribution >= 4 is 0 Å². The first-order valence-corrected chi connectivity index (χ1v) is 7.10. The second-order valence-electron chi connectivity index (χ2n) is 5.39. The van der Waals surface area contributed by atoms with Gasteiger partial charge in [0, 0.05) is 6.54 Å². The summed E-state index contributed by atoms with van der Waals surface area (Å²) in [5.41, 5.74) is 0. The average molecular weight is 261 g/mol. The van der Waals surface area contributed by atoms with Crippen LogP contribution < -0.4 is 5.32 Å². The molecule has 0 aromatic heterocycles. The maximum atomic E-state index is 9.64. The molecule has 0 fully saturated rings. The van der Waals surface area contributed by atoms with Crippen molar-refractivity contribution in [2.45, 2.75) is 52.7 Å². The van der Waals surface area contributed by atoms with Crippen LogP contribution in [0.2, 0.25) is 0 Å². The van der Waals surface area contributed by atoms with Crippen molar-refractivity contribution in [2.75, 3.05) is 32.9 Å². The van der Waals surface area contributed by atoms with Crippen molar-refractivity contribution in [2.24, 2.45) is 5.92 Å². The van der Waals surface area contributed by atoms with Gasteiger partial charge in [0.1, 0.15) is 0 Å². The van der Waals surface area contributed by atoms with Crippen LogP contribution in [-0.4, -0.2) is 50.2 Å². The van der Waals surface area contributed by atoms with E-state index in [1.807, 2.05) is 13.8 Å². The molecule has 0 amide bonds. The molecule has 2 N–H and O–H groups in total. The van der Waals surface area contributed by atoms with E-state index in [1.54, 1.807) is 0 Å². The summed E-state index contributed by atoms with van der Waals surface area (Å²) < 4.78 is 10.7. The second-order valence-corrected chi connectivity index (χ2v) is 5.39. The van der Waals surface area contributed by atoms with Crippen LogP contribution >= 0.6 is 0 Å². The molecule has 0 rings (SSSR count). The zero-order valence-electron chi connectivity index (χ0n) is 12.4. The van der Waals surface area contributed by atoms with E-state index >= 15 is 0 Å². The van der Waals surface area contributed by atoms with Crippen LogP contribution in [0, 0.1) is 5.92 Å². The first-order valence-electron chi connectivity index (χ1n) is 7.10. The predicted octanol–water partition coefficient (Wildman–Crippen LogP) is 1.81. The fourth-order valence-corrected chi connectivity index (χ4v) is 1.53. The van der Waals surface area contributed by atoms with Crippen LogP contribution in [0.3, 0.4) is 0 Å². The molecule has 0 bridgehead atoms. The molecule has 110 valence electrons. The Labute approximate surface area is 112 Å². The molecular weight excluding hydrogens is 230 g/mol. The smallest absolute Gasteiger partial charge is 0.0897 e. The highest BCUT2D eigenvalue weighted by molar-refractivity contribution is 4.59. The van der Waals surface area contributed by atoms with Crippen LogP contribution in [0.4, 0.5) is 0 Å². The third kappa shape index (κ3) is 13.9. The highest BCUT2D eigenvalue weighted by Crippen LogP contribution is 2.01. The topological polar surface area (TPSA) is 50.7 Å². The van der Waals surface area contributed by atoms with Crippen LogP contribution in [0.1, 0.15) is 40.5 Å². The van der Waals surface area contributed by atoms with E-state index in [-0.39, 0.29) is 6.10 Å². The highest BCUT2D eigenvalue weighted by atomic mass is 16.5. The van der Waals surface area contributed by atoms with E-state index in [2.05, 4.69) is 19.2 Å². The van der Waals surface area contributed by atoms with Gasteiger partial charge in [0.25, 0.3) is 0 Å². The SMILES string of the molecule is CC(C)CCCNCC(O)COCCOC(C)C. The third-order valence-electron chi connectivity index (χ3n) is 2.50. The van der Waals surface area contributed by atoms with Gasteiger partial charge in [0.15, 0.2) is 0 Å². The van der Waals surface area contributed by atoms with E-state index in [0.717, 1.165) is 18.9 Å². The van der Waals surface area contributed by atoms with Gasteiger partial charge in [-0.15, -0.1) is 0 Å². The van der Waals surface area contributed by atoms with Crippen molar-refractivity contribution in [3.05, 3.63) is 0 Å². The van der Waals surface area contributed by atoms with Gasteiger partial charge in [-0.05, 0) is 39.2 Å². The number of ether oxygens (including phenoxy) is 2. The molecule has 0 aliphatic carbocycles. The molecule has 4 nitrogen and oxygen atoms in total. The minimum Gasteiger partial charge on any atom is -0.389 e. The van der Waals surface area contributed by atoms with Gasteiger partial charge in [-0.3, -0.25) is 0 Å². The summed E-state index contributed by atoms with van der Waals surface area (Å²) in [6.07, 6.45) is 2.20. The summed E-state index contributed by atoms with van der Waals surface area (Å²) in [7, 11) is 0. The molecule has 0 saturated carbocycles. The zero-order chi connectivity index (χ0) is 13.8. The monoisotopic (exact) mass is 261 g/mol. The van der Waals surface area contributed by atoms with Gasteiger partial charge in [-0.2, -0.15) is 0 Å². The van der Waals surface area contributed by atoms with E-state index in [0.29, 0.717) is 26.4 Å². The Bertz CT molecular complexity index is 156. The van der Waals surface area contributed by atoms with Gasteiger partial charge in [-0.1, -0.05) is 13.8 Å². The lowest BCUT2D eigenvalue weighted by Gasteiger charge is -2.13. The molecule has 0 aromatic carbocycles. The summed E-state index contributed by atoms with van der Waals surface area (Å²) >= 11 is 0. The number of nitrogens with one attached hydrogen (secondary N) is 1. The molecule has 0 aliphatic heterocycles. The Kier molecular flexibility index (Phi) is 11.8. The van der Waals surface area contributed by atoms with Crippen molar-refractivity contribution in [3.63, 3.8) is 0 Å². The standard InChI is InChI=1S/C14H31NO3/c1-12(2)6-5-7-15-10-14(16)11-17-8-9-18-13(3)4/h12-16H,5-11H2,1-4H3. The van der Waals surface area contributed by atoms with Gasteiger partial charge in [0.2, 0.25) is 0 Å². The largest absolute Gasteiger partial charge is 0.389 e. The molecule has 18 heavy (non-hydrogen) atoms. The Hall–Kier alpha value is -0.160. The van der Waals surface area contributed by atoms with E-state index in [1.165, 1.54) is 6.42 Å². The maximum absolute atomic E-state index is 9.64. The normalized spacial score (nSPS) is 13.5. The summed E-state index contributed by atoms with van der Waals surface area (Å²) in [6.45, 7) is 11.5. The lowest BCUT2D eigenvalue weighted by atomic mass is 10.1. The van der Waals surface area contributed by atoms with Gasteiger partial charge in [0.05, 0.1) is 32.0 Å². The van der Waals surface area contributed by atoms with Gasteiger partial charge < -0.3 is 19.9 Å². The lowest BCUT2D eigenvalue weighted by Crippen LogP contribution is -2.31.